The zero-order chi connectivity index (χ0) is 23.6. The number of benzene rings is 1. The molecular formula is C22H25N5O5S. The van der Waals surface area contributed by atoms with Gasteiger partial charge in [-0.15, -0.1) is 0 Å². The largest absolute Gasteiger partial charge is 0.382 e. The topological polar surface area (TPSA) is 139 Å². The first-order valence-electron chi connectivity index (χ1n) is 10.4. The molecule has 10 nitrogen and oxygen atoms in total. The first-order chi connectivity index (χ1) is 15.8. The van der Waals surface area contributed by atoms with E-state index < -0.39 is 15.4 Å². The van der Waals surface area contributed by atoms with Gasteiger partial charge in [0.15, 0.2) is 15.7 Å². The van der Waals surface area contributed by atoms with Gasteiger partial charge in [-0.25, -0.2) is 8.42 Å². The molecule has 174 valence electrons. The number of nitrogens with zero attached hydrogens (tertiary/aromatic N) is 3. The molecule has 0 bridgehead atoms. The van der Waals surface area contributed by atoms with E-state index in [1.54, 1.807) is 36.2 Å². The SMILES string of the molecule is COCC1CCC(CC#N)(n2nc(Nc3ccc(S(C)(=O)=O)cc3)c3c(=O)[nH]ccc32)CO1. The van der Waals surface area contributed by atoms with Gasteiger partial charge in [0.25, 0.3) is 5.56 Å². The summed E-state index contributed by atoms with van der Waals surface area (Å²) in [5.41, 5.74) is 0.102. The molecule has 1 aliphatic rings. The molecular weight excluding hydrogens is 446 g/mol. The van der Waals surface area contributed by atoms with Gasteiger partial charge in [-0.05, 0) is 43.2 Å². The number of pyridine rings is 1. The van der Waals surface area contributed by atoms with Gasteiger partial charge in [0.05, 0.1) is 47.8 Å². The molecule has 33 heavy (non-hydrogen) atoms. The van der Waals surface area contributed by atoms with E-state index in [9.17, 15) is 18.5 Å². The summed E-state index contributed by atoms with van der Waals surface area (Å²) in [7, 11) is -1.70. The van der Waals surface area contributed by atoms with Crippen LogP contribution in [-0.2, 0) is 24.8 Å². The number of methoxy groups -OCH3 is 1. The second-order valence-corrected chi connectivity index (χ2v) is 10.3. The van der Waals surface area contributed by atoms with Gasteiger partial charge in [-0.2, -0.15) is 10.4 Å². The summed E-state index contributed by atoms with van der Waals surface area (Å²) in [6.07, 6.45) is 4.13. The smallest absolute Gasteiger partial charge is 0.261 e. The van der Waals surface area contributed by atoms with Crippen molar-refractivity contribution in [1.29, 1.82) is 5.26 Å². The average Bonchev–Trinajstić information content (AvgIpc) is 3.16. The van der Waals surface area contributed by atoms with E-state index in [1.807, 2.05) is 0 Å². The third-order valence-electron chi connectivity index (χ3n) is 5.88. The summed E-state index contributed by atoms with van der Waals surface area (Å²) in [5, 5.41) is 17.7. The number of hydrogen-bond donors (Lipinski definition) is 2. The highest BCUT2D eigenvalue weighted by molar-refractivity contribution is 7.90. The maximum atomic E-state index is 12.7. The number of rotatable bonds is 7. The van der Waals surface area contributed by atoms with E-state index in [0.717, 1.165) is 6.26 Å². The molecule has 11 heteroatoms. The van der Waals surface area contributed by atoms with Gasteiger partial charge in [0.1, 0.15) is 5.39 Å². The van der Waals surface area contributed by atoms with E-state index in [0.29, 0.717) is 41.9 Å². The van der Waals surface area contributed by atoms with Gasteiger partial charge >= 0.3 is 0 Å². The zero-order valence-corrected chi connectivity index (χ0v) is 19.2. The number of nitriles is 1. The summed E-state index contributed by atoms with van der Waals surface area (Å²) < 4.78 is 36.4. The van der Waals surface area contributed by atoms with Crippen molar-refractivity contribution >= 4 is 32.2 Å². The Kier molecular flexibility index (Phi) is 6.25. The van der Waals surface area contributed by atoms with E-state index in [4.69, 9.17) is 14.6 Å². The van der Waals surface area contributed by atoms with Crippen LogP contribution in [0.25, 0.3) is 10.9 Å². The van der Waals surface area contributed by atoms with Crippen molar-refractivity contribution in [3.8, 4) is 6.07 Å². The van der Waals surface area contributed by atoms with Crippen LogP contribution in [0.1, 0.15) is 19.3 Å². The van der Waals surface area contributed by atoms with E-state index in [2.05, 4.69) is 16.4 Å². The fraction of sp³-hybridized carbons (Fsp3) is 0.409. The highest BCUT2D eigenvalue weighted by Crippen LogP contribution is 2.37. The lowest BCUT2D eigenvalue weighted by molar-refractivity contribution is -0.0827. The summed E-state index contributed by atoms with van der Waals surface area (Å²) in [6.45, 7) is 0.735. The van der Waals surface area contributed by atoms with Crippen molar-refractivity contribution in [2.75, 3.05) is 31.9 Å². The van der Waals surface area contributed by atoms with Crippen LogP contribution in [-0.4, -0.2) is 55.9 Å². The molecule has 1 aliphatic heterocycles. The molecule has 2 N–H and O–H groups in total. The van der Waals surface area contributed by atoms with E-state index >= 15 is 0 Å². The van der Waals surface area contributed by atoms with Crippen molar-refractivity contribution in [2.45, 2.75) is 35.8 Å². The van der Waals surface area contributed by atoms with Crippen molar-refractivity contribution in [3.63, 3.8) is 0 Å². The number of anilines is 2. The first-order valence-corrected chi connectivity index (χ1v) is 12.3. The summed E-state index contributed by atoms with van der Waals surface area (Å²) >= 11 is 0. The Balaban J connectivity index is 1.76. The van der Waals surface area contributed by atoms with Crippen LogP contribution in [0, 0.1) is 11.3 Å². The third kappa shape index (κ3) is 4.50. The number of aromatic amines is 1. The number of hydrogen-bond acceptors (Lipinski definition) is 8. The molecule has 3 heterocycles. The first kappa shape index (κ1) is 23.0. The quantitative estimate of drug-likeness (QED) is 0.535. The van der Waals surface area contributed by atoms with Crippen LogP contribution >= 0.6 is 0 Å². The third-order valence-corrected chi connectivity index (χ3v) is 7.01. The van der Waals surface area contributed by atoms with E-state index in [1.165, 1.54) is 12.1 Å². The van der Waals surface area contributed by atoms with Crippen LogP contribution in [0.3, 0.4) is 0 Å². The molecule has 2 atom stereocenters. The van der Waals surface area contributed by atoms with Crippen molar-refractivity contribution in [3.05, 3.63) is 46.9 Å². The number of ether oxygens (including phenoxy) is 2. The lowest BCUT2D eigenvalue weighted by atomic mass is 9.87. The number of H-pyrrole nitrogens is 1. The Labute approximate surface area is 191 Å². The minimum Gasteiger partial charge on any atom is -0.382 e. The molecule has 0 amide bonds. The van der Waals surface area contributed by atoms with E-state index in [-0.39, 0.29) is 29.6 Å². The summed E-state index contributed by atoms with van der Waals surface area (Å²) in [6, 6.07) is 10.2. The fourth-order valence-corrected chi connectivity index (χ4v) is 4.78. The number of aromatic nitrogens is 3. The minimum absolute atomic E-state index is 0.0574. The molecule has 2 unspecified atom stereocenters. The minimum atomic E-state index is -3.32. The average molecular weight is 472 g/mol. The van der Waals surface area contributed by atoms with Gasteiger partial charge in [-0.1, -0.05) is 0 Å². The van der Waals surface area contributed by atoms with Crippen molar-refractivity contribution in [2.24, 2.45) is 0 Å². The molecule has 2 aromatic heterocycles. The van der Waals surface area contributed by atoms with Crippen LogP contribution < -0.4 is 10.9 Å². The monoisotopic (exact) mass is 471 g/mol. The van der Waals surface area contributed by atoms with Crippen LogP contribution in [0.2, 0.25) is 0 Å². The molecule has 0 radical (unpaired) electrons. The number of sulfone groups is 1. The summed E-state index contributed by atoms with van der Waals surface area (Å²) in [4.78, 5) is 15.6. The highest BCUT2D eigenvalue weighted by atomic mass is 32.2. The van der Waals surface area contributed by atoms with Crippen LogP contribution in [0.5, 0.6) is 0 Å². The Morgan fingerprint density at radius 3 is 2.73 bits per heavy atom. The Bertz CT molecular complexity index is 1350. The van der Waals surface area contributed by atoms with Gasteiger partial charge in [0, 0.05) is 25.2 Å². The lowest BCUT2D eigenvalue weighted by Gasteiger charge is -2.39. The standard InChI is InChI=1S/C22H25N5O5S/c1-31-13-16-7-9-22(10-11-23,14-32-16)27-18-8-12-24-21(28)19(18)20(26-27)25-15-3-5-17(6-4-15)33(2,29)30/h3-6,8,12,16H,7,9-10,13-14H2,1-2H3,(H,24,28)(H,25,26). The predicted molar refractivity (Wildman–Crippen MR) is 122 cm³/mol. The summed E-state index contributed by atoms with van der Waals surface area (Å²) in [5.74, 6) is 0.315. The Hall–Kier alpha value is -3.20. The molecule has 0 spiro atoms. The zero-order valence-electron chi connectivity index (χ0n) is 18.4. The molecule has 1 fully saturated rings. The molecule has 3 aromatic rings. The molecule has 4 rings (SSSR count). The fourth-order valence-electron chi connectivity index (χ4n) is 4.15. The Morgan fingerprint density at radius 2 is 2.12 bits per heavy atom. The van der Waals surface area contributed by atoms with Gasteiger partial charge < -0.3 is 19.8 Å². The van der Waals surface area contributed by atoms with Gasteiger partial charge in [0.2, 0.25) is 0 Å². The molecule has 1 saturated heterocycles. The molecule has 0 saturated carbocycles. The molecule has 0 aliphatic carbocycles. The highest BCUT2D eigenvalue weighted by Gasteiger charge is 2.40. The normalized spacial score (nSPS) is 21.1. The maximum absolute atomic E-state index is 12.7. The van der Waals surface area contributed by atoms with Crippen molar-refractivity contribution in [1.82, 2.24) is 14.8 Å². The van der Waals surface area contributed by atoms with Gasteiger partial charge in [-0.3, -0.25) is 9.48 Å². The Morgan fingerprint density at radius 1 is 1.36 bits per heavy atom. The number of nitrogens with one attached hydrogen (secondary N) is 2. The predicted octanol–water partition coefficient (Wildman–Crippen LogP) is 2.31. The van der Waals surface area contributed by atoms with Crippen molar-refractivity contribution < 1.29 is 17.9 Å². The second-order valence-electron chi connectivity index (χ2n) is 8.24. The lowest BCUT2D eigenvalue weighted by Crippen LogP contribution is -2.45. The van der Waals surface area contributed by atoms with Crippen LogP contribution in [0.4, 0.5) is 11.5 Å². The second kappa shape index (κ2) is 8.97. The number of fused-ring (bicyclic) bond motifs is 1. The van der Waals surface area contributed by atoms with Crippen LogP contribution in [0.15, 0.2) is 46.2 Å². The molecule has 1 aromatic carbocycles. The maximum Gasteiger partial charge on any atom is 0.261 e.